The van der Waals surface area contributed by atoms with Gasteiger partial charge in [0.25, 0.3) is 0 Å². The van der Waals surface area contributed by atoms with Crippen molar-refractivity contribution in [1.82, 2.24) is 0 Å². The first-order valence-electron chi connectivity index (χ1n) is 9.61. The van der Waals surface area contributed by atoms with Gasteiger partial charge in [0, 0.05) is 22.9 Å². The molecule has 0 unspecified atom stereocenters. The first-order valence-corrected chi connectivity index (χ1v) is 9.61. The molecule has 2 rings (SSSR count). The Kier molecular flexibility index (Phi) is 8.43. The number of hydrogen-bond donors (Lipinski definition) is 1. The number of rotatable bonds is 11. The van der Waals surface area contributed by atoms with E-state index in [-0.39, 0.29) is 5.78 Å². The van der Waals surface area contributed by atoms with Gasteiger partial charge in [-0.3, -0.25) is 4.79 Å². The number of benzene rings is 2. The zero-order chi connectivity index (χ0) is 19.5. The summed E-state index contributed by atoms with van der Waals surface area (Å²) in [6.45, 7) is 5.59. The maximum Gasteiger partial charge on any atom is 0.185 e. The lowest BCUT2D eigenvalue weighted by atomic mass is 10.1. The van der Waals surface area contributed by atoms with E-state index in [1.54, 1.807) is 36.4 Å². The fraction of sp³-hybridized carbons (Fsp3) is 0.348. The van der Waals surface area contributed by atoms with Crippen molar-refractivity contribution < 1.29 is 14.3 Å². The number of anilines is 1. The molecule has 0 aliphatic rings. The number of carbonyl (C=O) groups excluding carboxylic acids is 1. The van der Waals surface area contributed by atoms with E-state index in [0.29, 0.717) is 24.5 Å². The third kappa shape index (κ3) is 6.81. The van der Waals surface area contributed by atoms with Crippen LogP contribution >= 0.6 is 0 Å². The van der Waals surface area contributed by atoms with E-state index in [1.165, 1.54) is 0 Å². The number of hydrogen-bond acceptors (Lipinski definition) is 4. The lowest BCUT2D eigenvalue weighted by Gasteiger charge is -2.12. The van der Waals surface area contributed by atoms with E-state index < -0.39 is 0 Å². The molecule has 0 heterocycles. The molecule has 0 saturated carbocycles. The summed E-state index contributed by atoms with van der Waals surface area (Å²) in [5, 5.41) is 0. The highest BCUT2D eigenvalue weighted by molar-refractivity contribution is 6.07. The third-order valence-corrected chi connectivity index (χ3v) is 4.12. The van der Waals surface area contributed by atoms with Gasteiger partial charge in [0.15, 0.2) is 5.78 Å². The number of nitrogen functional groups attached to an aromatic ring is 1. The molecule has 4 heteroatoms. The van der Waals surface area contributed by atoms with Crippen LogP contribution in [-0.4, -0.2) is 19.0 Å². The molecule has 0 aromatic heterocycles. The highest BCUT2D eigenvalue weighted by Gasteiger charge is 2.06. The van der Waals surface area contributed by atoms with E-state index in [9.17, 15) is 4.79 Å². The average molecular weight is 367 g/mol. The van der Waals surface area contributed by atoms with Crippen molar-refractivity contribution in [3.63, 3.8) is 0 Å². The Balaban J connectivity index is 2.14. The van der Waals surface area contributed by atoms with E-state index >= 15 is 0 Å². The second-order valence-electron chi connectivity index (χ2n) is 6.42. The molecule has 0 amide bonds. The molecule has 0 aliphatic heterocycles. The highest BCUT2D eigenvalue weighted by atomic mass is 16.5. The van der Waals surface area contributed by atoms with Gasteiger partial charge in [-0.1, -0.05) is 26.7 Å². The molecule has 0 fully saturated rings. The summed E-state index contributed by atoms with van der Waals surface area (Å²) in [5.74, 6) is 1.45. The monoisotopic (exact) mass is 367 g/mol. The number of unbranched alkanes of at least 4 members (excludes halogenated alkanes) is 2. The molecular formula is C23H29NO3. The summed E-state index contributed by atoms with van der Waals surface area (Å²) in [5.41, 5.74) is 7.77. The summed E-state index contributed by atoms with van der Waals surface area (Å²) in [6, 6.07) is 12.6. The number of allylic oxidation sites excluding steroid dienone is 1. The van der Waals surface area contributed by atoms with E-state index in [0.717, 1.165) is 42.7 Å². The second kappa shape index (κ2) is 11.1. The minimum Gasteiger partial charge on any atom is -0.493 e. The van der Waals surface area contributed by atoms with Crippen molar-refractivity contribution in [1.29, 1.82) is 0 Å². The minimum atomic E-state index is -0.0715. The van der Waals surface area contributed by atoms with Gasteiger partial charge in [-0.2, -0.15) is 0 Å². The van der Waals surface area contributed by atoms with Gasteiger partial charge < -0.3 is 15.2 Å². The Hall–Kier alpha value is -2.75. The maximum absolute atomic E-state index is 12.3. The Bertz CT molecular complexity index is 751. The quantitative estimate of drug-likeness (QED) is 0.246. The molecule has 0 radical (unpaired) electrons. The lowest BCUT2D eigenvalue weighted by molar-refractivity contribution is 0.104. The van der Waals surface area contributed by atoms with Gasteiger partial charge in [-0.05, 0) is 61.4 Å². The number of ketones is 1. The second-order valence-corrected chi connectivity index (χ2v) is 6.42. The average Bonchev–Trinajstić information content (AvgIpc) is 2.68. The van der Waals surface area contributed by atoms with Gasteiger partial charge in [0.05, 0.1) is 13.2 Å². The van der Waals surface area contributed by atoms with Crippen molar-refractivity contribution in [2.45, 2.75) is 39.5 Å². The van der Waals surface area contributed by atoms with Crippen LogP contribution in [-0.2, 0) is 0 Å². The molecular weight excluding hydrogens is 338 g/mol. The summed E-state index contributed by atoms with van der Waals surface area (Å²) in [7, 11) is 0. The Morgan fingerprint density at radius 2 is 1.63 bits per heavy atom. The van der Waals surface area contributed by atoms with Gasteiger partial charge in [-0.25, -0.2) is 0 Å². The smallest absolute Gasteiger partial charge is 0.185 e. The predicted molar refractivity (Wildman–Crippen MR) is 111 cm³/mol. The van der Waals surface area contributed by atoms with E-state index in [2.05, 4.69) is 13.8 Å². The summed E-state index contributed by atoms with van der Waals surface area (Å²) in [4.78, 5) is 12.3. The van der Waals surface area contributed by atoms with Crippen LogP contribution in [0.1, 0.15) is 55.5 Å². The van der Waals surface area contributed by atoms with Crippen LogP contribution in [0.25, 0.3) is 6.08 Å². The third-order valence-electron chi connectivity index (χ3n) is 4.12. The standard InChI is InChI=1S/C23H29NO3/c1-3-5-15-26-21-13-9-19(23(17-21)27-16-6-4-2)10-14-22(25)18-7-11-20(24)12-8-18/h7-14,17H,3-6,15-16,24H2,1-2H3/b14-10+. The topological polar surface area (TPSA) is 61.5 Å². The summed E-state index contributed by atoms with van der Waals surface area (Å²) >= 11 is 0. The van der Waals surface area contributed by atoms with Crippen LogP contribution < -0.4 is 15.2 Å². The maximum atomic E-state index is 12.3. The van der Waals surface area contributed by atoms with Crippen LogP contribution in [0.5, 0.6) is 11.5 Å². The fourth-order valence-corrected chi connectivity index (χ4v) is 2.44. The summed E-state index contributed by atoms with van der Waals surface area (Å²) in [6.07, 6.45) is 7.50. The predicted octanol–water partition coefficient (Wildman–Crippen LogP) is 5.52. The van der Waals surface area contributed by atoms with E-state index in [1.807, 2.05) is 18.2 Å². The largest absolute Gasteiger partial charge is 0.493 e. The molecule has 144 valence electrons. The fourth-order valence-electron chi connectivity index (χ4n) is 2.44. The minimum absolute atomic E-state index is 0.0715. The Labute approximate surface area is 162 Å². The van der Waals surface area contributed by atoms with Crippen molar-refractivity contribution in [3.8, 4) is 11.5 Å². The first kappa shape index (κ1) is 20.6. The summed E-state index contributed by atoms with van der Waals surface area (Å²) < 4.78 is 11.7. The Morgan fingerprint density at radius 3 is 2.30 bits per heavy atom. The van der Waals surface area contributed by atoms with Crippen LogP contribution in [0.4, 0.5) is 5.69 Å². The van der Waals surface area contributed by atoms with Crippen molar-refractivity contribution in [3.05, 3.63) is 59.7 Å². The molecule has 0 atom stereocenters. The molecule has 0 bridgehead atoms. The van der Waals surface area contributed by atoms with Gasteiger partial charge in [-0.15, -0.1) is 0 Å². The lowest BCUT2D eigenvalue weighted by Crippen LogP contribution is -2.01. The van der Waals surface area contributed by atoms with Crippen LogP contribution in [0.15, 0.2) is 48.5 Å². The SMILES string of the molecule is CCCCOc1ccc(/C=C/C(=O)c2ccc(N)cc2)c(OCCCC)c1. The molecule has 2 N–H and O–H groups in total. The number of ether oxygens (including phenoxy) is 2. The first-order chi connectivity index (χ1) is 13.1. The normalized spacial score (nSPS) is 10.9. The highest BCUT2D eigenvalue weighted by Crippen LogP contribution is 2.27. The zero-order valence-electron chi connectivity index (χ0n) is 16.2. The van der Waals surface area contributed by atoms with Gasteiger partial charge in [0.1, 0.15) is 11.5 Å². The van der Waals surface area contributed by atoms with Crippen molar-refractivity contribution in [2.24, 2.45) is 0 Å². The Morgan fingerprint density at radius 1 is 0.963 bits per heavy atom. The molecule has 2 aromatic carbocycles. The van der Waals surface area contributed by atoms with Crippen LogP contribution in [0.2, 0.25) is 0 Å². The zero-order valence-corrected chi connectivity index (χ0v) is 16.2. The molecule has 2 aromatic rings. The molecule has 0 aliphatic carbocycles. The van der Waals surface area contributed by atoms with Crippen molar-refractivity contribution >= 4 is 17.5 Å². The van der Waals surface area contributed by atoms with Gasteiger partial charge in [0.2, 0.25) is 0 Å². The van der Waals surface area contributed by atoms with Crippen LogP contribution in [0.3, 0.4) is 0 Å². The molecule has 0 spiro atoms. The number of nitrogens with two attached hydrogens (primary N) is 1. The number of carbonyl (C=O) groups is 1. The molecule has 0 saturated heterocycles. The molecule has 27 heavy (non-hydrogen) atoms. The molecule has 4 nitrogen and oxygen atoms in total. The van der Waals surface area contributed by atoms with Gasteiger partial charge >= 0.3 is 0 Å². The van der Waals surface area contributed by atoms with Crippen LogP contribution in [0, 0.1) is 0 Å². The van der Waals surface area contributed by atoms with Crippen molar-refractivity contribution in [2.75, 3.05) is 18.9 Å². The van der Waals surface area contributed by atoms with E-state index in [4.69, 9.17) is 15.2 Å².